The lowest BCUT2D eigenvalue weighted by atomic mass is 10.2. The van der Waals surface area contributed by atoms with Crippen LogP contribution >= 0.6 is 0 Å². The minimum atomic E-state index is -4.40. The predicted molar refractivity (Wildman–Crippen MR) is 61.3 cm³/mol. The molecule has 19 heavy (non-hydrogen) atoms. The third kappa shape index (κ3) is 4.55. The normalized spacial score (nSPS) is 13.3. The van der Waals surface area contributed by atoms with E-state index in [4.69, 9.17) is 4.74 Å². The highest BCUT2D eigenvalue weighted by Crippen LogP contribution is 2.28. The number of halogens is 3. The zero-order valence-corrected chi connectivity index (χ0v) is 10.7. The number of hydrogen-bond acceptors (Lipinski definition) is 4. The van der Waals surface area contributed by atoms with Gasteiger partial charge in [0.15, 0.2) is 0 Å². The summed E-state index contributed by atoms with van der Waals surface area (Å²) in [6.07, 6.45) is -2.42. The number of nitrogens with one attached hydrogen (secondary N) is 1. The van der Waals surface area contributed by atoms with Crippen LogP contribution in [0.1, 0.15) is 18.9 Å². The molecule has 1 rings (SSSR count). The van der Waals surface area contributed by atoms with E-state index in [1.807, 2.05) is 0 Å². The van der Waals surface area contributed by atoms with E-state index < -0.39 is 23.8 Å². The van der Waals surface area contributed by atoms with E-state index in [1.165, 1.54) is 0 Å². The number of rotatable bonds is 6. The fourth-order valence-corrected chi connectivity index (χ4v) is 1.52. The van der Waals surface area contributed by atoms with Crippen molar-refractivity contribution >= 4 is 5.97 Å². The molecule has 1 unspecified atom stereocenters. The Morgan fingerprint density at radius 3 is 2.74 bits per heavy atom. The molecule has 0 saturated heterocycles. The summed E-state index contributed by atoms with van der Waals surface area (Å²) in [5.74, 6) is -0.423. The molecule has 0 radical (unpaired) electrons. The van der Waals surface area contributed by atoms with Crippen LogP contribution in [-0.4, -0.2) is 35.4 Å². The lowest BCUT2D eigenvalue weighted by molar-refractivity contribution is -0.145. The van der Waals surface area contributed by atoms with Crippen LogP contribution in [-0.2, 0) is 22.3 Å². The van der Waals surface area contributed by atoms with Crippen molar-refractivity contribution in [3.63, 3.8) is 0 Å². The summed E-state index contributed by atoms with van der Waals surface area (Å²) >= 11 is 0. The molecule has 0 aliphatic rings. The molecule has 1 N–H and O–H groups in total. The number of carbonyl (C=O) groups excluding carboxylic acids is 1. The molecule has 1 aromatic heterocycles. The maximum atomic E-state index is 12.4. The summed E-state index contributed by atoms with van der Waals surface area (Å²) in [6, 6.07) is -0.557. The molecule has 1 heterocycles. The van der Waals surface area contributed by atoms with Crippen LogP contribution in [0.5, 0.6) is 0 Å². The van der Waals surface area contributed by atoms with Crippen molar-refractivity contribution < 1.29 is 22.7 Å². The molecule has 8 heteroatoms. The number of alkyl halides is 3. The van der Waals surface area contributed by atoms with E-state index in [0.29, 0.717) is 6.42 Å². The number of likely N-dealkylation sites (N-methyl/N-ethyl adjacent to an activating group) is 1. The molecule has 0 spiro atoms. The molecule has 1 atom stereocenters. The van der Waals surface area contributed by atoms with E-state index >= 15 is 0 Å². The number of carbonyl (C=O) groups is 1. The van der Waals surface area contributed by atoms with Gasteiger partial charge in [0.25, 0.3) is 0 Å². The van der Waals surface area contributed by atoms with Gasteiger partial charge < -0.3 is 10.1 Å². The summed E-state index contributed by atoms with van der Waals surface area (Å²) in [7, 11) is 1.59. The first-order chi connectivity index (χ1) is 8.88. The highest BCUT2D eigenvalue weighted by molar-refractivity contribution is 5.75. The zero-order valence-electron chi connectivity index (χ0n) is 10.7. The Morgan fingerprint density at radius 1 is 1.58 bits per heavy atom. The van der Waals surface area contributed by atoms with Crippen molar-refractivity contribution in [1.82, 2.24) is 15.1 Å². The summed E-state index contributed by atoms with van der Waals surface area (Å²) < 4.78 is 43.1. The van der Waals surface area contributed by atoms with E-state index in [1.54, 1.807) is 14.0 Å². The second-order valence-corrected chi connectivity index (χ2v) is 3.87. The summed E-state index contributed by atoms with van der Waals surface area (Å²) in [5, 5.41) is 6.37. The Hall–Kier alpha value is -1.57. The Balaban J connectivity index is 2.56. The Kier molecular flexibility index (Phi) is 5.34. The van der Waals surface area contributed by atoms with Crippen LogP contribution < -0.4 is 5.32 Å². The van der Waals surface area contributed by atoms with Gasteiger partial charge in [0.05, 0.1) is 18.4 Å². The van der Waals surface area contributed by atoms with Gasteiger partial charge in [0.1, 0.15) is 6.04 Å². The van der Waals surface area contributed by atoms with Gasteiger partial charge in [0.2, 0.25) is 0 Å². The van der Waals surface area contributed by atoms with Crippen molar-refractivity contribution in [1.29, 1.82) is 0 Å². The second kappa shape index (κ2) is 6.55. The minimum absolute atomic E-state index is 0.195. The van der Waals surface area contributed by atoms with Crippen LogP contribution in [0.25, 0.3) is 0 Å². The predicted octanol–water partition coefficient (Wildman–Crippen LogP) is 1.44. The van der Waals surface area contributed by atoms with E-state index in [-0.39, 0.29) is 13.2 Å². The van der Waals surface area contributed by atoms with Gasteiger partial charge in [-0.1, -0.05) is 0 Å². The smallest absolute Gasteiger partial charge is 0.419 e. The SMILES string of the molecule is CCOC(=O)C(CCn1cc(C(F)(F)F)cn1)NC. The molecule has 1 aromatic rings. The van der Waals surface area contributed by atoms with E-state index in [0.717, 1.165) is 17.1 Å². The monoisotopic (exact) mass is 279 g/mol. The van der Waals surface area contributed by atoms with Gasteiger partial charge in [-0.25, -0.2) is 0 Å². The lowest BCUT2D eigenvalue weighted by Gasteiger charge is -2.14. The molecule has 0 fully saturated rings. The minimum Gasteiger partial charge on any atom is -0.465 e. The first kappa shape index (κ1) is 15.5. The maximum absolute atomic E-state index is 12.4. The standard InChI is InChI=1S/C11H16F3N3O2/c1-3-19-10(18)9(15-2)4-5-17-7-8(6-16-17)11(12,13)14/h6-7,9,15H,3-5H2,1-2H3. The quantitative estimate of drug-likeness (QED) is 0.801. The van der Waals surface area contributed by atoms with Crippen LogP contribution in [0, 0.1) is 0 Å². The fourth-order valence-electron chi connectivity index (χ4n) is 1.52. The molecule has 0 saturated carbocycles. The molecular formula is C11H16F3N3O2. The molecule has 108 valence electrons. The number of hydrogen-bond donors (Lipinski definition) is 1. The van der Waals surface area contributed by atoms with Gasteiger partial charge in [-0.3, -0.25) is 9.48 Å². The number of ether oxygens (including phenoxy) is 1. The molecule has 0 amide bonds. The molecule has 0 aliphatic heterocycles. The Bertz CT molecular complexity index is 418. The van der Waals surface area contributed by atoms with Crippen molar-refractivity contribution in [2.45, 2.75) is 32.1 Å². The molecule has 0 aromatic carbocycles. The summed E-state index contributed by atoms with van der Waals surface area (Å²) in [5.41, 5.74) is -0.801. The van der Waals surface area contributed by atoms with Crippen LogP contribution in [0.3, 0.4) is 0 Å². The second-order valence-electron chi connectivity index (χ2n) is 3.87. The van der Waals surface area contributed by atoms with Crippen molar-refractivity contribution in [3.8, 4) is 0 Å². The molecule has 0 bridgehead atoms. The molecule has 5 nitrogen and oxygen atoms in total. The van der Waals surface area contributed by atoms with Crippen LogP contribution in [0.4, 0.5) is 13.2 Å². The first-order valence-corrected chi connectivity index (χ1v) is 5.82. The molecular weight excluding hydrogens is 263 g/mol. The van der Waals surface area contributed by atoms with Gasteiger partial charge in [-0.2, -0.15) is 18.3 Å². The maximum Gasteiger partial charge on any atom is 0.419 e. The van der Waals surface area contributed by atoms with Gasteiger partial charge in [-0.15, -0.1) is 0 Å². The lowest BCUT2D eigenvalue weighted by Crippen LogP contribution is -2.36. The summed E-state index contributed by atoms with van der Waals surface area (Å²) in [6.45, 7) is 2.14. The highest BCUT2D eigenvalue weighted by Gasteiger charge is 2.32. The Labute approximate surface area is 108 Å². The van der Waals surface area contributed by atoms with E-state index in [2.05, 4.69) is 10.4 Å². The van der Waals surface area contributed by atoms with Crippen molar-refractivity contribution in [3.05, 3.63) is 18.0 Å². The van der Waals surface area contributed by atoms with Crippen LogP contribution in [0.2, 0.25) is 0 Å². The third-order valence-electron chi connectivity index (χ3n) is 2.53. The van der Waals surface area contributed by atoms with Gasteiger partial charge >= 0.3 is 12.1 Å². The number of nitrogens with zero attached hydrogens (tertiary/aromatic N) is 2. The average molecular weight is 279 g/mol. The number of aromatic nitrogens is 2. The van der Waals surface area contributed by atoms with Gasteiger partial charge in [-0.05, 0) is 20.4 Å². The topological polar surface area (TPSA) is 56.2 Å². The largest absolute Gasteiger partial charge is 0.465 e. The zero-order chi connectivity index (χ0) is 14.5. The number of aryl methyl sites for hydroxylation is 1. The third-order valence-corrected chi connectivity index (χ3v) is 2.53. The van der Waals surface area contributed by atoms with Crippen molar-refractivity contribution in [2.75, 3.05) is 13.7 Å². The summed E-state index contributed by atoms with van der Waals surface area (Å²) in [4.78, 5) is 11.5. The highest BCUT2D eigenvalue weighted by atomic mass is 19.4. The fraction of sp³-hybridized carbons (Fsp3) is 0.636. The molecule has 0 aliphatic carbocycles. The Morgan fingerprint density at radius 2 is 2.26 bits per heavy atom. The van der Waals surface area contributed by atoms with Crippen LogP contribution in [0.15, 0.2) is 12.4 Å². The number of esters is 1. The van der Waals surface area contributed by atoms with Crippen molar-refractivity contribution in [2.24, 2.45) is 0 Å². The van der Waals surface area contributed by atoms with E-state index in [9.17, 15) is 18.0 Å². The van der Waals surface area contributed by atoms with Gasteiger partial charge in [0, 0.05) is 12.7 Å². The first-order valence-electron chi connectivity index (χ1n) is 5.82. The average Bonchev–Trinajstić information content (AvgIpc) is 2.78.